The van der Waals surface area contributed by atoms with Crippen molar-refractivity contribution in [1.82, 2.24) is 9.88 Å². The molecule has 0 unspecified atom stereocenters. The van der Waals surface area contributed by atoms with Gasteiger partial charge in [0, 0.05) is 12.7 Å². The Morgan fingerprint density at radius 2 is 2.36 bits per heavy atom. The van der Waals surface area contributed by atoms with Gasteiger partial charge < -0.3 is 11.5 Å². The molecule has 1 aromatic heterocycles. The Morgan fingerprint density at radius 1 is 1.64 bits per heavy atom. The highest BCUT2D eigenvalue weighted by Crippen LogP contribution is 2.05. The molecule has 1 aromatic rings. The predicted molar refractivity (Wildman–Crippen MR) is 54.2 cm³/mol. The molecule has 0 spiro atoms. The Morgan fingerprint density at radius 3 is 2.93 bits per heavy atom. The predicted octanol–water partition coefficient (Wildman–Crippen LogP) is -0.419. The summed E-state index contributed by atoms with van der Waals surface area (Å²) in [6.07, 6.45) is 1.64. The topological polar surface area (TPSA) is 85.2 Å². The molecule has 0 saturated carbocycles. The van der Waals surface area contributed by atoms with Gasteiger partial charge in [-0.25, -0.2) is 4.98 Å². The van der Waals surface area contributed by atoms with E-state index in [1.807, 2.05) is 18.0 Å². The zero-order chi connectivity index (χ0) is 10.6. The summed E-state index contributed by atoms with van der Waals surface area (Å²) in [6, 6.07) is 3.63. The minimum absolute atomic E-state index is 0.238. The van der Waals surface area contributed by atoms with Crippen molar-refractivity contribution in [2.75, 3.05) is 19.3 Å². The van der Waals surface area contributed by atoms with Gasteiger partial charge in [-0.3, -0.25) is 9.69 Å². The zero-order valence-corrected chi connectivity index (χ0v) is 8.10. The first kappa shape index (κ1) is 10.5. The summed E-state index contributed by atoms with van der Waals surface area (Å²) in [7, 11) is 1.82. The van der Waals surface area contributed by atoms with Crippen molar-refractivity contribution in [1.29, 1.82) is 0 Å². The molecule has 1 rings (SSSR count). The summed E-state index contributed by atoms with van der Waals surface area (Å²) in [6.45, 7) is 0.873. The van der Waals surface area contributed by atoms with Gasteiger partial charge in [0.1, 0.15) is 5.82 Å². The molecule has 5 nitrogen and oxygen atoms in total. The number of pyridine rings is 1. The van der Waals surface area contributed by atoms with E-state index in [9.17, 15) is 4.79 Å². The van der Waals surface area contributed by atoms with E-state index in [1.165, 1.54) is 0 Å². The second kappa shape index (κ2) is 4.57. The molecule has 4 N–H and O–H groups in total. The van der Waals surface area contributed by atoms with E-state index in [1.54, 1.807) is 12.3 Å². The molecule has 0 aliphatic carbocycles. The standard InChI is InChI=1S/C9H14N4O/c1-13(6-9(11)14)5-7-2-3-12-8(10)4-7/h2-4H,5-6H2,1H3,(H2,10,12)(H2,11,14). The maximum Gasteiger partial charge on any atom is 0.231 e. The maximum absolute atomic E-state index is 10.6. The van der Waals surface area contributed by atoms with Crippen molar-refractivity contribution in [2.45, 2.75) is 6.54 Å². The fraction of sp³-hybridized carbons (Fsp3) is 0.333. The van der Waals surface area contributed by atoms with Crippen molar-refractivity contribution in [2.24, 2.45) is 5.73 Å². The third kappa shape index (κ3) is 3.40. The second-order valence-corrected chi connectivity index (χ2v) is 3.23. The van der Waals surface area contributed by atoms with Gasteiger partial charge in [0.2, 0.25) is 5.91 Å². The van der Waals surface area contributed by atoms with E-state index in [0.717, 1.165) is 5.56 Å². The van der Waals surface area contributed by atoms with Crippen LogP contribution in [0.5, 0.6) is 0 Å². The van der Waals surface area contributed by atoms with Crippen molar-refractivity contribution < 1.29 is 4.79 Å². The van der Waals surface area contributed by atoms with Crippen LogP contribution in [-0.4, -0.2) is 29.4 Å². The number of nitrogen functional groups attached to an aromatic ring is 1. The molecule has 0 fully saturated rings. The average Bonchev–Trinajstić information content (AvgIpc) is 2.01. The monoisotopic (exact) mass is 194 g/mol. The quantitative estimate of drug-likeness (QED) is 0.681. The van der Waals surface area contributed by atoms with E-state index in [4.69, 9.17) is 11.5 Å². The lowest BCUT2D eigenvalue weighted by Crippen LogP contribution is -2.30. The molecule has 0 bridgehead atoms. The summed E-state index contributed by atoms with van der Waals surface area (Å²) < 4.78 is 0. The number of aromatic nitrogens is 1. The number of carbonyl (C=O) groups is 1. The number of nitrogens with zero attached hydrogens (tertiary/aromatic N) is 2. The van der Waals surface area contributed by atoms with Crippen LogP contribution in [0.25, 0.3) is 0 Å². The summed E-state index contributed by atoms with van der Waals surface area (Å²) in [5.41, 5.74) is 11.6. The maximum atomic E-state index is 10.6. The molecule has 0 aliphatic rings. The summed E-state index contributed by atoms with van der Waals surface area (Å²) >= 11 is 0. The minimum Gasteiger partial charge on any atom is -0.384 e. The smallest absolute Gasteiger partial charge is 0.231 e. The Bertz CT molecular complexity index is 326. The SMILES string of the molecule is CN(CC(N)=O)Cc1ccnc(N)c1. The lowest BCUT2D eigenvalue weighted by atomic mass is 10.2. The van der Waals surface area contributed by atoms with Crippen LogP contribution in [0.3, 0.4) is 0 Å². The highest BCUT2D eigenvalue weighted by Gasteiger charge is 2.03. The van der Waals surface area contributed by atoms with Gasteiger partial charge in [-0.2, -0.15) is 0 Å². The molecule has 0 aliphatic heterocycles. The largest absolute Gasteiger partial charge is 0.384 e. The molecule has 1 amide bonds. The molecule has 14 heavy (non-hydrogen) atoms. The van der Waals surface area contributed by atoms with E-state index in [2.05, 4.69) is 4.98 Å². The highest BCUT2D eigenvalue weighted by atomic mass is 16.1. The number of hydrogen-bond donors (Lipinski definition) is 2. The number of likely N-dealkylation sites (N-methyl/N-ethyl adjacent to an activating group) is 1. The molecule has 1 heterocycles. The van der Waals surface area contributed by atoms with Gasteiger partial charge in [-0.05, 0) is 24.7 Å². The van der Waals surface area contributed by atoms with E-state index < -0.39 is 0 Å². The molecule has 0 radical (unpaired) electrons. The Balaban J connectivity index is 2.55. The minimum atomic E-state index is -0.338. The van der Waals surface area contributed by atoms with Crippen molar-refractivity contribution in [3.63, 3.8) is 0 Å². The Kier molecular flexibility index (Phi) is 3.41. The Hall–Kier alpha value is -1.62. The lowest BCUT2D eigenvalue weighted by Gasteiger charge is -2.14. The van der Waals surface area contributed by atoms with Gasteiger partial charge in [0.25, 0.3) is 0 Å². The van der Waals surface area contributed by atoms with Crippen LogP contribution >= 0.6 is 0 Å². The number of nitrogens with two attached hydrogens (primary N) is 2. The number of anilines is 1. The number of primary amides is 1. The average molecular weight is 194 g/mol. The highest BCUT2D eigenvalue weighted by molar-refractivity contribution is 5.75. The van der Waals surface area contributed by atoms with Crippen LogP contribution in [0.4, 0.5) is 5.82 Å². The van der Waals surface area contributed by atoms with Gasteiger partial charge in [0.15, 0.2) is 0 Å². The van der Waals surface area contributed by atoms with Crippen LogP contribution in [0.2, 0.25) is 0 Å². The third-order valence-electron chi connectivity index (χ3n) is 1.72. The molecule has 0 atom stereocenters. The van der Waals surface area contributed by atoms with E-state index in [0.29, 0.717) is 12.4 Å². The number of rotatable bonds is 4. The first-order chi connectivity index (χ1) is 6.58. The Labute approximate surface area is 82.7 Å². The molecular formula is C9H14N4O. The van der Waals surface area contributed by atoms with Crippen molar-refractivity contribution in [3.8, 4) is 0 Å². The van der Waals surface area contributed by atoms with E-state index >= 15 is 0 Å². The van der Waals surface area contributed by atoms with Gasteiger partial charge in [0.05, 0.1) is 6.54 Å². The molecule has 5 heteroatoms. The van der Waals surface area contributed by atoms with E-state index in [-0.39, 0.29) is 12.5 Å². The second-order valence-electron chi connectivity index (χ2n) is 3.23. The van der Waals surface area contributed by atoms with Crippen LogP contribution in [0, 0.1) is 0 Å². The van der Waals surface area contributed by atoms with Crippen molar-refractivity contribution in [3.05, 3.63) is 23.9 Å². The van der Waals surface area contributed by atoms with Crippen LogP contribution in [0.1, 0.15) is 5.56 Å². The normalized spacial score (nSPS) is 10.4. The van der Waals surface area contributed by atoms with Gasteiger partial charge in [-0.1, -0.05) is 0 Å². The summed E-state index contributed by atoms with van der Waals surface area (Å²) in [5, 5.41) is 0. The summed E-state index contributed by atoms with van der Waals surface area (Å²) in [4.78, 5) is 16.3. The fourth-order valence-corrected chi connectivity index (χ4v) is 1.23. The van der Waals surface area contributed by atoms with Crippen LogP contribution < -0.4 is 11.5 Å². The zero-order valence-electron chi connectivity index (χ0n) is 8.10. The first-order valence-electron chi connectivity index (χ1n) is 4.25. The number of carbonyl (C=O) groups excluding carboxylic acids is 1. The lowest BCUT2D eigenvalue weighted by molar-refractivity contribution is -0.118. The molecular weight excluding hydrogens is 180 g/mol. The summed E-state index contributed by atoms with van der Waals surface area (Å²) in [5.74, 6) is 0.143. The third-order valence-corrected chi connectivity index (χ3v) is 1.72. The van der Waals surface area contributed by atoms with Crippen LogP contribution in [0.15, 0.2) is 18.3 Å². The first-order valence-corrected chi connectivity index (χ1v) is 4.25. The molecule has 0 aromatic carbocycles. The fourth-order valence-electron chi connectivity index (χ4n) is 1.23. The number of hydrogen-bond acceptors (Lipinski definition) is 4. The number of amides is 1. The van der Waals surface area contributed by atoms with Crippen molar-refractivity contribution >= 4 is 11.7 Å². The molecule has 0 saturated heterocycles. The van der Waals surface area contributed by atoms with Gasteiger partial charge >= 0.3 is 0 Å². The molecule has 76 valence electrons. The van der Waals surface area contributed by atoms with Crippen LogP contribution in [-0.2, 0) is 11.3 Å². The van der Waals surface area contributed by atoms with Gasteiger partial charge in [-0.15, -0.1) is 0 Å².